The lowest BCUT2D eigenvalue weighted by molar-refractivity contribution is -0.226. The number of benzene rings is 2. The molecule has 0 amide bonds. The Balaban J connectivity index is 1.85. The number of alkyl halides is 6. The number of aliphatic imine (C=N–C) groups is 1. The fourth-order valence-electron chi connectivity index (χ4n) is 2.98. The average Bonchev–Trinajstić information content (AvgIpc) is 3.10. The van der Waals surface area contributed by atoms with Crippen LogP contribution in [0, 0.1) is 6.92 Å². The van der Waals surface area contributed by atoms with Crippen LogP contribution in [-0.4, -0.2) is 24.4 Å². The second-order valence-electron chi connectivity index (χ2n) is 7.02. The van der Waals surface area contributed by atoms with Crippen molar-refractivity contribution >= 4 is 33.5 Å². The van der Waals surface area contributed by atoms with E-state index in [2.05, 4.69) is 25.9 Å². The molecule has 0 radical (unpaired) electrons. The molecule has 0 spiro atoms. The van der Waals surface area contributed by atoms with Gasteiger partial charge in [-0.2, -0.15) is 26.3 Å². The number of hydrogen-bond donors (Lipinski definition) is 0. The average molecular weight is 551 g/mol. The van der Waals surface area contributed by atoms with Crippen molar-refractivity contribution < 1.29 is 31.1 Å². The minimum absolute atomic E-state index is 0.105. The van der Waals surface area contributed by atoms with Crippen molar-refractivity contribution in [3.8, 4) is 10.6 Å². The van der Waals surface area contributed by atoms with Gasteiger partial charge in [0.15, 0.2) is 6.10 Å². The summed E-state index contributed by atoms with van der Waals surface area (Å²) in [6, 6.07) is 9.11. The molecule has 0 aliphatic heterocycles. The molecule has 1 heterocycles. The second-order valence-corrected chi connectivity index (χ2v) is 8.90. The zero-order chi connectivity index (χ0) is 24.4. The van der Waals surface area contributed by atoms with Crippen molar-refractivity contribution in [1.82, 2.24) is 4.98 Å². The molecule has 0 bridgehead atoms. The van der Waals surface area contributed by atoms with Gasteiger partial charge in [-0.15, -0.1) is 11.3 Å². The van der Waals surface area contributed by atoms with Gasteiger partial charge in [-0.05, 0) is 30.7 Å². The van der Waals surface area contributed by atoms with E-state index in [0.717, 1.165) is 29.0 Å². The van der Waals surface area contributed by atoms with Gasteiger partial charge in [-0.1, -0.05) is 40.2 Å². The third kappa shape index (κ3) is 6.21. The third-order valence-electron chi connectivity index (χ3n) is 4.58. The summed E-state index contributed by atoms with van der Waals surface area (Å²) < 4.78 is 85.7. The molecule has 3 rings (SSSR count). The molecule has 3 aromatic rings. The van der Waals surface area contributed by atoms with Crippen LogP contribution >= 0.6 is 27.3 Å². The number of aryl methyl sites for hydroxylation is 1. The van der Waals surface area contributed by atoms with E-state index in [1.165, 1.54) is 19.1 Å². The number of aromatic nitrogens is 1. The minimum Gasteiger partial charge on any atom is -0.358 e. The predicted octanol–water partition coefficient (Wildman–Crippen LogP) is 7.77. The van der Waals surface area contributed by atoms with Gasteiger partial charge in [0.25, 0.3) is 0 Å². The van der Waals surface area contributed by atoms with Crippen LogP contribution in [0.1, 0.15) is 33.4 Å². The Hall–Kier alpha value is -2.24. The first-order valence-corrected chi connectivity index (χ1v) is 11.0. The molecule has 0 aliphatic rings. The molecular weight excluding hydrogens is 534 g/mol. The number of rotatable bonds is 6. The number of halogens is 7. The van der Waals surface area contributed by atoms with E-state index in [-0.39, 0.29) is 22.2 Å². The summed E-state index contributed by atoms with van der Waals surface area (Å²) in [5.41, 5.74) is 0.842. The SMILES string of the molecule is CN=Cc1ccc(COC(c2sc(-c3ccc(C(F)(F)F)cc3)nc2C)C(F)(F)F)cc1Br. The van der Waals surface area contributed by atoms with Gasteiger partial charge in [0.05, 0.1) is 22.7 Å². The minimum atomic E-state index is -4.71. The Morgan fingerprint density at radius 1 is 1.09 bits per heavy atom. The Morgan fingerprint density at radius 2 is 1.76 bits per heavy atom. The fraction of sp³-hybridized carbons (Fsp3) is 0.273. The molecule has 3 nitrogen and oxygen atoms in total. The molecule has 0 aliphatic carbocycles. The van der Waals surface area contributed by atoms with Crippen LogP contribution < -0.4 is 0 Å². The Morgan fingerprint density at radius 3 is 2.30 bits per heavy atom. The molecule has 0 N–H and O–H groups in total. The summed E-state index contributed by atoms with van der Waals surface area (Å²) in [5.74, 6) is 0. The molecular formula is C22H17BrF6N2OS. The smallest absolute Gasteiger partial charge is 0.358 e. The highest BCUT2D eigenvalue weighted by Crippen LogP contribution is 2.43. The topological polar surface area (TPSA) is 34.5 Å². The molecule has 2 aromatic carbocycles. The van der Waals surface area contributed by atoms with Gasteiger partial charge >= 0.3 is 12.4 Å². The normalized spacial score (nSPS) is 13.6. The fourth-order valence-corrected chi connectivity index (χ4v) is 4.65. The van der Waals surface area contributed by atoms with Gasteiger partial charge in [0, 0.05) is 28.9 Å². The summed E-state index contributed by atoms with van der Waals surface area (Å²) in [6.07, 6.45) is -9.83. The van der Waals surface area contributed by atoms with Crippen molar-refractivity contribution in [3.63, 3.8) is 0 Å². The van der Waals surface area contributed by atoms with Crippen LogP contribution in [-0.2, 0) is 17.5 Å². The molecule has 11 heteroatoms. The van der Waals surface area contributed by atoms with Crippen molar-refractivity contribution in [3.05, 3.63) is 74.2 Å². The summed E-state index contributed by atoms with van der Waals surface area (Å²) in [5, 5.41) is 0.181. The molecule has 0 saturated heterocycles. The molecule has 1 atom stereocenters. The van der Waals surface area contributed by atoms with Crippen molar-refractivity contribution in [1.29, 1.82) is 0 Å². The number of nitrogens with zero attached hydrogens (tertiary/aromatic N) is 2. The lowest BCUT2D eigenvalue weighted by Crippen LogP contribution is -2.23. The van der Waals surface area contributed by atoms with Gasteiger partial charge in [-0.3, -0.25) is 4.99 Å². The van der Waals surface area contributed by atoms with Crippen LogP contribution in [0.4, 0.5) is 26.3 Å². The maximum atomic E-state index is 13.8. The molecule has 1 aromatic heterocycles. The lowest BCUT2D eigenvalue weighted by atomic mass is 10.1. The highest BCUT2D eigenvalue weighted by Gasteiger charge is 2.44. The van der Waals surface area contributed by atoms with E-state index < -0.39 is 24.0 Å². The standard InChI is InChI=1S/C22H17BrF6N2OS/c1-12-18(33-20(31-12)14-5-7-16(8-6-14)21(24,25)26)19(22(27,28)29)32-11-13-3-4-15(10-30-2)17(23)9-13/h3-10,19H,11H2,1-2H3. The zero-order valence-electron chi connectivity index (χ0n) is 17.3. The summed E-state index contributed by atoms with van der Waals surface area (Å²) >= 11 is 4.09. The van der Waals surface area contributed by atoms with E-state index in [1.807, 2.05) is 0 Å². The summed E-state index contributed by atoms with van der Waals surface area (Å²) in [4.78, 5) is 7.90. The molecule has 176 valence electrons. The zero-order valence-corrected chi connectivity index (χ0v) is 19.7. The maximum absolute atomic E-state index is 13.8. The number of thiazole rings is 1. The number of ether oxygens (including phenoxy) is 1. The molecule has 33 heavy (non-hydrogen) atoms. The Bertz CT molecular complexity index is 1140. The first-order valence-electron chi connectivity index (χ1n) is 9.44. The first-order chi connectivity index (χ1) is 15.4. The highest BCUT2D eigenvalue weighted by atomic mass is 79.9. The largest absolute Gasteiger partial charge is 0.419 e. The second kappa shape index (κ2) is 9.94. The third-order valence-corrected chi connectivity index (χ3v) is 6.51. The van der Waals surface area contributed by atoms with E-state index in [4.69, 9.17) is 4.74 Å². The van der Waals surface area contributed by atoms with E-state index in [9.17, 15) is 26.3 Å². The van der Waals surface area contributed by atoms with Gasteiger partial charge in [0.1, 0.15) is 5.01 Å². The van der Waals surface area contributed by atoms with E-state index >= 15 is 0 Å². The van der Waals surface area contributed by atoms with Crippen LogP contribution in [0.15, 0.2) is 51.9 Å². The van der Waals surface area contributed by atoms with E-state index in [1.54, 1.807) is 31.5 Å². The van der Waals surface area contributed by atoms with Crippen LogP contribution in [0.3, 0.4) is 0 Å². The van der Waals surface area contributed by atoms with Gasteiger partial charge in [-0.25, -0.2) is 4.98 Å². The summed E-state index contributed by atoms with van der Waals surface area (Å²) in [6.45, 7) is 1.11. The quantitative estimate of drug-likeness (QED) is 0.232. The first kappa shape index (κ1) is 25.4. The van der Waals surface area contributed by atoms with Crippen molar-refractivity contribution in [2.24, 2.45) is 4.99 Å². The monoisotopic (exact) mass is 550 g/mol. The number of hydrogen-bond acceptors (Lipinski definition) is 4. The maximum Gasteiger partial charge on any atom is 0.419 e. The highest BCUT2D eigenvalue weighted by molar-refractivity contribution is 9.10. The van der Waals surface area contributed by atoms with Crippen LogP contribution in [0.2, 0.25) is 0 Å². The predicted molar refractivity (Wildman–Crippen MR) is 119 cm³/mol. The lowest BCUT2D eigenvalue weighted by Gasteiger charge is -2.20. The van der Waals surface area contributed by atoms with Crippen molar-refractivity contribution in [2.75, 3.05) is 7.05 Å². The summed E-state index contributed by atoms with van der Waals surface area (Å²) in [7, 11) is 1.60. The Kier molecular flexibility index (Phi) is 7.65. The molecule has 1 unspecified atom stereocenters. The van der Waals surface area contributed by atoms with Crippen LogP contribution in [0.5, 0.6) is 0 Å². The molecule has 0 fully saturated rings. The van der Waals surface area contributed by atoms with Gasteiger partial charge in [0.2, 0.25) is 0 Å². The molecule has 0 saturated carbocycles. The van der Waals surface area contributed by atoms with Crippen molar-refractivity contribution in [2.45, 2.75) is 32.0 Å². The van der Waals surface area contributed by atoms with Gasteiger partial charge < -0.3 is 4.74 Å². The Labute approximate surface area is 198 Å². The van der Waals surface area contributed by atoms with Crippen LogP contribution in [0.25, 0.3) is 10.6 Å². The van der Waals surface area contributed by atoms with E-state index in [0.29, 0.717) is 15.6 Å².